The van der Waals surface area contributed by atoms with Gasteiger partial charge >= 0.3 is 0 Å². The Kier molecular flexibility index (Phi) is 5.58. The number of halogens is 2. The minimum Gasteiger partial charge on any atom is -0.328 e. The molecule has 2 N–H and O–H groups in total. The van der Waals surface area contributed by atoms with E-state index in [1.807, 2.05) is 12.1 Å². The number of hydrogen-bond acceptors (Lipinski definition) is 4. The van der Waals surface area contributed by atoms with Crippen LogP contribution in [0.1, 0.15) is 18.4 Å². The Morgan fingerprint density at radius 2 is 2.05 bits per heavy atom. The number of benzene rings is 1. The molecule has 0 radical (unpaired) electrons. The molecule has 1 aromatic heterocycles. The van der Waals surface area contributed by atoms with Gasteiger partial charge in [0.05, 0.1) is 5.69 Å². The molecule has 21 heavy (non-hydrogen) atoms. The van der Waals surface area contributed by atoms with E-state index in [2.05, 4.69) is 21.0 Å². The van der Waals surface area contributed by atoms with Crippen molar-refractivity contribution < 1.29 is 0 Å². The summed E-state index contributed by atoms with van der Waals surface area (Å²) >= 11 is 6.10. The largest absolute Gasteiger partial charge is 0.328 e. The minimum absolute atomic E-state index is 0. The Morgan fingerprint density at radius 3 is 2.71 bits per heavy atom. The maximum absolute atomic E-state index is 6.10. The third-order valence-electron chi connectivity index (χ3n) is 3.74. The number of piperidine rings is 1. The molecule has 7 heteroatoms. The highest BCUT2D eigenvalue weighted by Gasteiger charge is 2.17. The summed E-state index contributed by atoms with van der Waals surface area (Å²) < 4.78 is 1.76. The first kappa shape index (κ1) is 16.2. The molecule has 0 unspecified atom stereocenters. The first-order valence-electron chi connectivity index (χ1n) is 6.84. The zero-order chi connectivity index (χ0) is 13.9. The van der Waals surface area contributed by atoms with E-state index in [4.69, 9.17) is 17.3 Å². The highest BCUT2D eigenvalue weighted by atomic mass is 35.5. The fraction of sp³-hybridized carbons (Fsp3) is 0.429. The molecule has 1 aliphatic heterocycles. The molecule has 0 spiro atoms. The van der Waals surface area contributed by atoms with Gasteiger partial charge in [0.1, 0.15) is 12.7 Å². The number of aromatic nitrogens is 3. The van der Waals surface area contributed by atoms with Crippen LogP contribution in [0, 0.1) is 0 Å². The standard InChI is InChI=1S/C14H18ClN5.ClH/c15-12-2-1-11(8-19-5-3-13(16)4-6-19)14(7-12)20-10-17-9-18-20;/h1-2,7,9-10,13H,3-6,8,16H2;1H. The van der Waals surface area contributed by atoms with Gasteiger partial charge in [-0.1, -0.05) is 17.7 Å². The lowest BCUT2D eigenvalue weighted by Gasteiger charge is -2.30. The van der Waals surface area contributed by atoms with Crippen LogP contribution < -0.4 is 5.73 Å². The van der Waals surface area contributed by atoms with E-state index in [1.165, 1.54) is 11.9 Å². The van der Waals surface area contributed by atoms with Gasteiger partial charge in [0.2, 0.25) is 0 Å². The van der Waals surface area contributed by atoms with Gasteiger partial charge in [-0.25, -0.2) is 9.67 Å². The monoisotopic (exact) mass is 327 g/mol. The van der Waals surface area contributed by atoms with Gasteiger partial charge in [0.15, 0.2) is 0 Å². The molecule has 2 heterocycles. The lowest BCUT2D eigenvalue weighted by molar-refractivity contribution is 0.205. The molecule has 1 fully saturated rings. The molecule has 0 bridgehead atoms. The number of nitrogens with zero attached hydrogens (tertiary/aromatic N) is 4. The Labute approximate surface area is 135 Å². The number of nitrogens with two attached hydrogens (primary N) is 1. The van der Waals surface area contributed by atoms with Crippen molar-refractivity contribution in [2.45, 2.75) is 25.4 Å². The van der Waals surface area contributed by atoms with Crippen LogP contribution in [-0.4, -0.2) is 38.8 Å². The predicted octanol–water partition coefficient (Wildman–Crippen LogP) is 2.27. The summed E-state index contributed by atoms with van der Waals surface area (Å²) in [4.78, 5) is 6.43. The van der Waals surface area contributed by atoms with Crippen molar-refractivity contribution >= 4 is 24.0 Å². The molecule has 1 aromatic carbocycles. The summed E-state index contributed by atoms with van der Waals surface area (Å²) in [5, 5.41) is 4.91. The quantitative estimate of drug-likeness (QED) is 0.939. The highest BCUT2D eigenvalue weighted by Crippen LogP contribution is 2.22. The van der Waals surface area contributed by atoms with E-state index >= 15 is 0 Å². The van der Waals surface area contributed by atoms with Crippen LogP contribution in [0.4, 0.5) is 0 Å². The van der Waals surface area contributed by atoms with E-state index in [-0.39, 0.29) is 12.4 Å². The maximum atomic E-state index is 6.10. The summed E-state index contributed by atoms with van der Waals surface area (Å²) in [5.74, 6) is 0. The molecule has 0 aliphatic carbocycles. The van der Waals surface area contributed by atoms with Crippen LogP contribution in [-0.2, 0) is 6.54 Å². The van der Waals surface area contributed by atoms with Crippen molar-refractivity contribution in [3.8, 4) is 5.69 Å². The average molecular weight is 328 g/mol. The second-order valence-electron chi connectivity index (χ2n) is 5.23. The van der Waals surface area contributed by atoms with Crippen LogP contribution in [0.15, 0.2) is 30.9 Å². The average Bonchev–Trinajstić information content (AvgIpc) is 2.97. The van der Waals surface area contributed by atoms with Gasteiger partial charge in [-0.05, 0) is 43.6 Å². The molecule has 0 saturated carbocycles. The predicted molar refractivity (Wildman–Crippen MR) is 86.1 cm³/mol. The Bertz CT molecular complexity index is 565. The van der Waals surface area contributed by atoms with E-state index in [9.17, 15) is 0 Å². The second-order valence-corrected chi connectivity index (χ2v) is 5.66. The SMILES string of the molecule is Cl.NC1CCN(Cc2ccc(Cl)cc2-n2cncn2)CC1. The van der Waals surface area contributed by atoms with Gasteiger partial charge in [0.25, 0.3) is 0 Å². The van der Waals surface area contributed by atoms with Crippen molar-refractivity contribution in [1.29, 1.82) is 0 Å². The van der Waals surface area contributed by atoms with E-state index in [0.717, 1.165) is 38.2 Å². The summed E-state index contributed by atoms with van der Waals surface area (Å²) in [6, 6.07) is 6.27. The topological polar surface area (TPSA) is 60.0 Å². The normalized spacial score (nSPS) is 16.7. The molecule has 2 aromatic rings. The van der Waals surface area contributed by atoms with E-state index in [1.54, 1.807) is 11.0 Å². The number of rotatable bonds is 3. The minimum atomic E-state index is 0. The lowest BCUT2D eigenvalue weighted by Crippen LogP contribution is -2.39. The fourth-order valence-electron chi connectivity index (χ4n) is 2.57. The van der Waals surface area contributed by atoms with Gasteiger partial charge < -0.3 is 5.73 Å². The third-order valence-corrected chi connectivity index (χ3v) is 3.97. The highest BCUT2D eigenvalue weighted by molar-refractivity contribution is 6.30. The fourth-order valence-corrected chi connectivity index (χ4v) is 2.73. The molecule has 5 nitrogen and oxygen atoms in total. The Balaban J connectivity index is 0.00000161. The van der Waals surface area contributed by atoms with E-state index in [0.29, 0.717) is 11.1 Å². The summed E-state index contributed by atoms with van der Waals surface area (Å²) in [5.41, 5.74) is 8.15. The summed E-state index contributed by atoms with van der Waals surface area (Å²) in [6.45, 7) is 2.97. The molecule has 0 amide bonds. The first-order chi connectivity index (χ1) is 9.72. The summed E-state index contributed by atoms with van der Waals surface area (Å²) in [6.07, 6.45) is 5.35. The van der Waals surface area contributed by atoms with Gasteiger partial charge in [-0.2, -0.15) is 5.10 Å². The lowest BCUT2D eigenvalue weighted by atomic mass is 10.0. The molecule has 1 aliphatic rings. The van der Waals surface area contributed by atoms with E-state index < -0.39 is 0 Å². The van der Waals surface area contributed by atoms with Crippen LogP contribution >= 0.6 is 24.0 Å². The molecule has 114 valence electrons. The molecular weight excluding hydrogens is 309 g/mol. The molecule has 0 atom stereocenters. The van der Waals surface area contributed by atoms with Crippen molar-refractivity contribution in [2.75, 3.05) is 13.1 Å². The van der Waals surface area contributed by atoms with Crippen molar-refractivity contribution in [1.82, 2.24) is 19.7 Å². The Morgan fingerprint density at radius 1 is 1.29 bits per heavy atom. The maximum Gasteiger partial charge on any atom is 0.138 e. The number of hydrogen-bond donors (Lipinski definition) is 1. The van der Waals surface area contributed by atoms with Crippen molar-refractivity contribution in [2.24, 2.45) is 5.73 Å². The Hall–Kier alpha value is -1.14. The first-order valence-corrected chi connectivity index (χ1v) is 7.21. The molecule has 3 rings (SSSR count). The van der Waals surface area contributed by atoms with Crippen molar-refractivity contribution in [3.05, 3.63) is 41.4 Å². The van der Waals surface area contributed by atoms with Crippen LogP contribution in [0.2, 0.25) is 5.02 Å². The smallest absolute Gasteiger partial charge is 0.138 e. The van der Waals surface area contributed by atoms with Crippen LogP contribution in [0.3, 0.4) is 0 Å². The van der Waals surface area contributed by atoms with Crippen LogP contribution in [0.5, 0.6) is 0 Å². The zero-order valence-electron chi connectivity index (χ0n) is 11.7. The van der Waals surface area contributed by atoms with Crippen LogP contribution in [0.25, 0.3) is 5.69 Å². The second kappa shape index (κ2) is 7.22. The van der Waals surface area contributed by atoms with Gasteiger partial charge in [-0.15, -0.1) is 12.4 Å². The summed E-state index contributed by atoms with van der Waals surface area (Å²) in [7, 11) is 0. The third kappa shape index (κ3) is 3.95. The molecular formula is C14H19Cl2N5. The molecule has 1 saturated heterocycles. The number of likely N-dealkylation sites (tertiary alicyclic amines) is 1. The van der Waals surface area contributed by atoms with Gasteiger partial charge in [0, 0.05) is 17.6 Å². The zero-order valence-corrected chi connectivity index (χ0v) is 13.2. The van der Waals surface area contributed by atoms with Gasteiger partial charge in [-0.3, -0.25) is 4.90 Å². The van der Waals surface area contributed by atoms with Crippen molar-refractivity contribution in [3.63, 3.8) is 0 Å².